The molecule has 0 heterocycles. The Hall–Kier alpha value is -3.35. The minimum absolute atomic E-state index is 0.00144. The lowest BCUT2D eigenvalue weighted by Crippen LogP contribution is -2.47. The van der Waals surface area contributed by atoms with Crippen LogP contribution in [-0.2, 0) is 10.2 Å². The summed E-state index contributed by atoms with van der Waals surface area (Å²) in [4.78, 5) is 37.5. The van der Waals surface area contributed by atoms with Crippen molar-refractivity contribution in [3.05, 3.63) is 59.7 Å². The number of urea groups is 1. The fraction of sp³-hybridized carbons (Fsp3) is 0.423. The summed E-state index contributed by atoms with van der Waals surface area (Å²) in [7, 11) is 0. The molecule has 3 rings (SSSR count). The van der Waals surface area contributed by atoms with Crippen molar-refractivity contribution in [3.8, 4) is 0 Å². The van der Waals surface area contributed by atoms with Crippen molar-refractivity contribution in [2.75, 3.05) is 10.6 Å². The van der Waals surface area contributed by atoms with Gasteiger partial charge in [0.1, 0.15) is 6.04 Å². The summed E-state index contributed by atoms with van der Waals surface area (Å²) in [6.07, 6.45) is 2.04. The van der Waals surface area contributed by atoms with Crippen LogP contribution in [0.1, 0.15) is 63.4 Å². The van der Waals surface area contributed by atoms with Crippen molar-refractivity contribution in [1.29, 1.82) is 0 Å². The highest BCUT2D eigenvalue weighted by atomic mass is 16.2. The molecule has 0 aliphatic heterocycles. The van der Waals surface area contributed by atoms with Crippen molar-refractivity contribution in [2.24, 2.45) is 5.92 Å². The van der Waals surface area contributed by atoms with Crippen molar-refractivity contribution in [1.82, 2.24) is 10.6 Å². The third-order valence-electron chi connectivity index (χ3n) is 5.57. The van der Waals surface area contributed by atoms with Gasteiger partial charge >= 0.3 is 6.03 Å². The first-order valence-electron chi connectivity index (χ1n) is 11.4. The van der Waals surface area contributed by atoms with Crippen LogP contribution >= 0.6 is 0 Å². The largest absolute Gasteiger partial charge is 0.340 e. The summed E-state index contributed by atoms with van der Waals surface area (Å²) in [5.41, 5.74) is 2.88. The van der Waals surface area contributed by atoms with Gasteiger partial charge in [-0.1, -0.05) is 46.8 Å². The molecule has 2 aromatic rings. The maximum atomic E-state index is 12.9. The number of amides is 4. The van der Waals surface area contributed by atoms with E-state index in [0.717, 1.165) is 18.4 Å². The molecule has 1 atom stereocenters. The van der Waals surface area contributed by atoms with Gasteiger partial charge in [0.15, 0.2) is 0 Å². The van der Waals surface area contributed by atoms with Gasteiger partial charge < -0.3 is 21.3 Å². The smallest absolute Gasteiger partial charge is 0.319 e. The van der Waals surface area contributed by atoms with Crippen LogP contribution in [-0.4, -0.2) is 29.9 Å². The van der Waals surface area contributed by atoms with Gasteiger partial charge in [0.2, 0.25) is 5.91 Å². The fourth-order valence-electron chi connectivity index (χ4n) is 3.32. The summed E-state index contributed by atoms with van der Waals surface area (Å²) in [5, 5.41) is 11.3. The zero-order valence-corrected chi connectivity index (χ0v) is 20.0. The Morgan fingerprint density at radius 3 is 1.88 bits per heavy atom. The third kappa shape index (κ3) is 7.07. The van der Waals surface area contributed by atoms with E-state index in [2.05, 4.69) is 42.0 Å². The predicted octanol–water partition coefficient (Wildman–Crippen LogP) is 4.66. The van der Waals surface area contributed by atoms with Crippen LogP contribution in [0.25, 0.3) is 0 Å². The minimum atomic E-state index is -0.693. The maximum Gasteiger partial charge on any atom is 0.319 e. The van der Waals surface area contributed by atoms with Crippen LogP contribution < -0.4 is 21.3 Å². The van der Waals surface area contributed by atoms with Crippen molar-refractivity contribution < 1.29 is 14.4 Å². The first-order chi connectivity index (χ1) is 15.5. The van der Waals surface area contributed by atoms with Crippen LogP contribution in [0.3, 0.4) is 0 Å². The molecule has 0 bridgehead atoms. The van der Waals surface area contributed by atoms with E-state index < -0.39 is 6.04 Å². The zero-order chi connectivity index (χ0) is 24.2. The molecule has 0 radical (unpaired) electrons. The molecule has 0 saturated heterocycles. The van der Waals surface area contributed by atoms with Gasteiger partial charge in [-0.25, -0.2) is 4.79 Å². The molecule has 2 aromatic carbocycles. The van der Waals surface area contributed by atoms with E-state index >= 15 is 0 Å². The predicted molar refractivity (Wildman–Crippen MR) is 131 cm³/mol. The molecule has 0 aromatic heterocycles. The average Bonchev–Trinajstić information content (AvgIpc) is 3.56. The molecule has 1 aliphatic carbocycles. The summed E-state index contributed by atoms with van der Waals surface area (Å²) in [6, 6.07) is 13.7. The fourth-order valence-corrected chi connectivity index (χ4v) is 3.32. The molecule has 1 unspecified atom stereocenters. The first-order valence-corrected chi connectivity index (χ1v) is 11.4. The van der Waals surface area contributed by atoms with Crippen molar-refractivity contribution in [3.63, 3.8) is 0 Å². The third-order valence-corrected chi connectivity index (χ3v) is 5.57. The van der Waals surface area contributed by atoms with Gasteiger partial charge in [-0.15, -0.1) is 0 Å². The highest BCUT2D eigenvalue weighted by Crippen LogP contribution is 2.22. The molecule has 1 saturated carbocycles. The Labute approximate surface area is 195 Å². The van der Waals surface area contributed by atoms with Gasteiger partial charge in [0.05, 0.1) is 0 Å². The molecular weight excluding hydrogens is 416 g/mol. The average molecular weight is 451 g/mol. The van der Waals surface area contributed by atoms with Gasteiger partial charge in [0, 0.05) is 23.0 Å². The standard InChI is InChI=1S/C26H34N4O3/c1-16(2)22(30-23(31)17-6-8-18(9-7-17)26(3,4)5)24(32)27-19-10-12-20(13-11-19)28-25(33)29-21-14-15-21/h6-13,16,21-22H,14-15H2,1-5H3,(H,27,32)(H,30,31)(H2,28,29,33). The topological polar surface area (TPSA) is 99.3 Å². The quantitative estimate of drug-likeness (QED) is 0.494. The van der Waals surface area contributed by atoms with E-state index in [1.807, 2.05) is 26.0 Å². The molecule has 1 aliphatic rings. The second-order valence-electron chi connectivity index (χ2n) is 9.96. The number of nitrogens with one attached hydrogen (secondary N) is 4. The second kappa shape index (κ2) is 10.1. The van der Waals surface area contributed by atoms with Crippen molar-refractivity contribution in [2.45, 2.75) is 65.0 Å². The van der Waals surface area contributed by atoms with E-state index in [0.29, 0.717) is 16.9 Å². The minimum Gasteiger partial charge on any atom is -0.340 e. The van der Waals surface area contributed by atoms with Crippen LogP contribution in [0.5, 0.6) is 0 Å². The summed E-state index contributed by atoms with van der Waals surface area (Å²) in [6.45, 7) is 10.1. The highest BCUT2D eigenvalue weighted by molar-refractivity contribution is 6.01. The second-order valence-corrected chi connectivity index (χ2v) is 9.96. The summed E-state index contributed by atoms with van der Waals surface area (Å²) in [5.74, 6) is -0.683. The van der Waals surface area contributed by atoms with Gasteiger partial charge in [-0.2, -0.15) is 0 Å². The molecule has 7 nitrogen and oxygen atoms in total. The van der Waals surface area contributed by atoms with E-state index in [9.17, 15) is 14.4 Å². The molecule has 4 amide bonds. The highest BCUT2D eigenvalue weighted by Gasteiger charge is 2.25. The molecule has 0 spiro atoms. The van der Waals surface area contributed by atoms with Gasteiger partial charge in [-0.05, 0) is 66.1 Å². The Balaban J connectivity index is 1.59. The van der Waals surface area contributed by atoms with Crippen LogP contribution in [0.2, 0.25) is 0 Å². The number of hydrogen-bond donors (Lipinski definition) is 4. The molecule has 33 heavy (non-hydrogen) atoms. The van der Waals surface area contributed by atoms with E-state index in [1.165, 1.54) is 0 Å². The van der Waals surface area contributed by atoms with Crippen molar-refractivity contribution >= 4 is 29.2 Å². The Bertz CT molecular complexity index is 988. The normalized spacial score (nSPS) is 14.4. The van der Waals surface area contributed by atoms with Crippen LogP contribution in [0.15, 0.2) is 48.5 Å². The number of anilines is 2. The summed E-state index contributed by atoms with van der Waals surface area (Å²) < 4.78 is 0. The van der Waals surface area contributed by atoms with Gasteiger partial charge in [-0.3, -0.25) is 9.59 Å². The molecule has 7 heteroatoms. The SMILES string of the molecule is CC(C)C(NC(=O)c1ccc(C(C)(C)C)cc1)C(=O)Nc1ccc(NC(=O)NC2CC2)cc1. The Kier molecular flexibility index (Phi) is 7.41. The van der Waals surface area contributed by atoms with Crippen LogP contribution in [0.4, 0.5) is 16.2 Å². The number of rotatable bonds is 7. The number of benzene rings is 2. The van der Waals surface area contributed by atoms with E-state index in [1.54, 1.807) is 36.4 Å². The molecule has 4 N–H and O–H groups in total. The monoisotopic (exact) mass is 450 g/mol. The zero-order valence-electron chi connectivity index (χ0n) is 20.0. The Morgan fingerprint density at radius 2 is 1.39 bits per heavy atom. The lowest BCUT2D eigenvalue weighted by atomic mass is 9.86. The molecule has 176 valence electrons. The Morgan fingerprint density at radius 1 is 0.848 bits per heavy atom. The van der Waals surface area contributed by atoms with Gasteiger partial charge in [0.25, 0.3) is 5.91 Å². The number of carbonyl (C=O) groups excluding carboxylic acids is 3. The maximum absolute atomic E-state index is 12.9. The lowest BCUT2D eigenvalue weighted by molar-refractivity contribution is -0.118. The number of carbonyl (C=O) groups is 3. The first kappa shape index (κ1) is 24.3. The number of hydrogen-bond acceptors (Lipinski definition) is 3. The van der Waals surface area contributed by atoms with E-state index in [4.69, 9.17) is 0 Å². The molecule has 1 fully saturated rings. The van der Waals surface area contributed by atoms with E-state index in [-0.39, 0.29) is 35.2 Å². The molecular formula is C26H34N4O3. The summed E-state index contributed by atoms with van der Waals surface area (Å²) >= 11 is 0. The van der Waals surface area contributed by atoms with Crippen LogP contribution in [0, 0.1) is 5.92 Å². The lowest BCUT2D eigenvalue weighted by Gasteiger charge is -2.22.